The Hall–Kier alpha value is -2.67. The van der Waals surface area contributed by atoms with Gasteiger partial charge in [0, 0.05) is 17.7 Å². The molecule has 7 heteroatoms. The minimum absolute atomic E-state index is 0.322. The lowest BCUT2D eigenvalue weighted by molar-refractivity contribution is 0.391. The first-order chi connectivity index (χ1) is 11.1. The summed E-state index contributed by atoms with van der Waals surface area (Å²) in [6.45, 7) is 4.67. The van der Waals surface area contributed by atoms with Crippen LogP contribution in [-0.2, 0) is 13.1 Å². The molecule has 0 aliphatic rings. The summed E-state index contributed by atoms with van der Waals surface area (Å²) in [5.41, 5.74) is 10.3. The molecule has 0 atom stereocenters. The van der Waals surface area contributed by atoms with Gasteiger partial charge in [0.25, 0.3) is 0 Å². The van der Waals surface area contributed by atoms with E-state index in [4.69, 9.17) is 15.0 Å². The highest BCUT2D eigenvalue weighted by Gasteiger charge is 2.17. The van der Waals surface area contributed by atoms with Crippen molar-refractivity contribution in [3.8, 4) is 17.0 Å². The maximum Gasteiger partial charge on any atom is 0.138 e. The van der Waals surface area contributed by atoms with Gasteiger partial charge >= 0.3 is 0 Å². The summed E-state index contributed by atoms with van der Waals surface area (Å²) in [7, 11) is 1.64. The second-order valence-corrected chi connectivity index (χ2v) is 5.28. The van der Waals surface area contributed by atoms with E-state index >= 15 is 0 Å². The van der Waals surface area contributed by atoms with Gasteiger partial charge in [-0.15, -0.1) is 5.10 Å². The molecule has 0 unspecified atom stereocenters. The summed E-state index contributed by atoms with van der Waals surface area (Å²) >= 11 is 0. The summed E-state index contributed by atoms with van der Waals surface area (Å²) in [6.07, 6.45) is 0. The maximum atomic E-state index is 5.82. The number of nitrogens with two attached hydrogens (primary N) is 1. The molecule has 1 aromatic carbocycles. The van der Waals surface area contributed by atoms with Crippen LogP contribution in [0.4, 0.5) is 0 Å². The Balaban J connectivity index is 2.03. The van der Waals surface area contributed by atoms with Crippen molar-refractivity contribution in [1.82, 2.24) is 20.2 Å². The predicted molar refractivity (Wildman–Crippen MR) is 85.0 cm³/mol. The van der Waals surface area contributed by atoms with Crippen LogP contribution in [0.3, 0.4) is 0 Å². The van der Waals surface area contributed by atoms with E-state index in [2.05, 4.69) is 15.5 Å². The summed E-state index contributed by atoms with van der Waals surface area (Å²) in [5.74, 6) is 1.58. The zero-order valence-corrected chi connectivity index (χ0v) is 13.4. The van der Waals surface area contributed by atoms with Crippen LogP contribution in [-0.4, -0.2) is 27.3 Å². The van der Waals surface area contributed by atoms with Crippen LogP contribution in [0.1, 0.15) is 22.7 Å². The second-order valence-electron chi connectivity index (χ2n) is 5.28. The van der Waals surface area contributed by atoms with Crippen molar-refractivity contribution < 1.29 is 9.26 Å². The lowest BCUT2D eigenvalue weighted by Crippen LogP contribution is -2.07. The van der Waals surface area contributed by atoms with E-state index in [1.54, 1.807) is 7.11 Å². The summed E-state index contributed by atoms with van der Waals surface area (Å²) in [6, 6.07) is 7.76. The number of benzene rings is 1. The minimum atomic E-state index is 0.322. The van der Waals surface area contributed by atoms with Gasteiger partial charge in [0.05, 0.1) is 25.0 Å². The Bertz CT molecular complexity index is 785. The number of ether oxygens (including phenoxy) is 1. The topological polar surface area (TPSA) is 92.0 Å². The molecule has 0 saturated heterocycles. The zero-order chi connectivity index (χ0) is 16.4. The molecule has 0 fully saturated rings. The van der Waals surface area contributed by atoms with Gasteiger partial charge in [-0.2, -0.15) is 0 Å². The highest BCUT2D eigenvalue weighted by atomic mass is 16.5. The predicted octanol–water partition coefficient (Wildman–Crippen LogP) is 2.07. The van der Waals surface area contributed by atoms with E-state index in [0.717, 1.165) is 39.7 Å². The van der Waals surface area contributed by atoms with E-state index in [1.807, 2.05) is 42.8 Å². The fraction of sp³-hybridized carbons (Fsp3) is 0.312. The van der Waals surface area contributed by atoms with Crippen molar-refractivity contribution in [1.29, 1.82) is 0 Å². The first kappa shape index (κ1) is 15.2. The van der Waals surface area contributed by atoms with E-state index in [9.17, 15) is 0 Å². The van der Waals surface area contributed by atoms with Gasteiger partial charge in [-0.1, -0.05) is 10.4 Å². The molecule has 0 radical (unpaired) electrons. The Morgan fingerprint density at radius 3 is 2.52 bits per heavy atom. The summed E-state index contributed by atoms with van der Waals surface area (Å²) in [5, 5.41) is 12.4. The molecule has 0 spiro atoms. The molecule has 2 heterocycles. The third kappa shape index (κ3) is 2.83. The minimum Gasteiger partial charge on any atom is -0.497 e. The molecule has 7 nitrogen and oxygen atoms in total. The van der Waals surface area contributed by atoms with E-state index < -0.39 is 0 Å². The molecular formula is C16H19N5O2. The third-order valence-corrected chi connectivity index (χ3v) is 3.85. The largest absolute Gasteiger partial charge is 0.497 e. The Morgan fingerprint density at radius 2 is 1.96 bits per heavy atom. The number of nitrogens with zero attached hydrogens (tertiary/aromatic N) is 4. The van der Waals surface area contributed by atoms with E-state index in [0.29, 0.717) is 13.1 Å². The number of hydrogen-bond donors (Lipinski definition) is 1. The van der Waals surface area contributed by atoms with Gasteiger partial charge in [-0.05, 0) is 38.1 Å². The standard InChI is InChI=1S/C16H19N5O2/c1-10-14(11(2)23-19-10)9-21-16(15(8-17)18-20-21)12-4-6-13(22-3)7-5-12/h4-7H,8-9,17H2,1-3H3. The normalized spacial score (nSPS) is 11.0. The van der Waals surface area contributed by atoms with Crippen molar-refractivity contribution in [2.75, 3.05) is 7.11 Å². The van der Waals surface area contributed by atoms with Gasteiger partial charge in [0.2, 0.25) is 0 Å². The molecule has 0 amide bonds. The van der Waals surface area contributed by atoms with Crippen LogP contribution in [0.5, 0.6) is 5.75 Å². The van der Waals surface area contributed by atoms with Crippen LogP contribution >= 0.6 is 0 Å². The molecule has 0 aliphatic carbocycles. The fourth-order valence-corrected chi connectivity index (χ4v) is 2.54. The molecular weight excluding hydrogens is 294 g/mol. The van der Waals surface area contributed by atoms with Crippen LogP contribution in [0.2, 0.25) is 0 Å². The van der Waals surface area contributed by atoms with Crippen LogP contribution in [0.15, 0.2) is 28.8 Å². The number of aromatic nitrogens is 4. The van der Waals surface area contributed by atoms with Crippen molar-refractivity contribution >= 4 is 0 Å². The number of methoxy groups -OCH3 is 1. The molecule has 3 aromatic rings. The van der Waals surface area contributed by atoms with Crippen molar-refractivity contribution in [3.05, 3.63) is 47.0 Å². The van der Waals surface area contributed by atoms with Gasteiger partial charge in [-0.3, -0.25) is 0 Å². The molecule has 0 saturated carbocycles. The van der Waals surface area contributed by atoms with Gasteiger partial charge in [0.15, 0.2) is 0 Å². The first-order valence-corrected chi connectivity index (χ1v) is 7.32. The third-order valence-electron chi connectivity index (χ3n) is 3.85. The molecule has 0 aliphatic heterocycles. The molecule has 23 heavy (non-hydrogen) atoms. The van der Waals surface area contributed by atoms with Crippen LogP contribution in [0.25, 0.3) is 11.3 Å². The Labute approximate surface area is 134 Å². The highest BCUT2D eigenvalue weighted by molar-refractivity contribution is 5.63. The molecule has 120 valence electrons. The summed E-state index contributed by atoms with van der Waals surface area (Å²) in [4.78, 5) is 0. The number of aryl methyl sites for hydroxylation is 2. The van der Waals surface area contributed by atoms with Gasteiger partial charge in [-0.25, -0.2) is 4.68 Å². The molecule has 2 aromatic heterocycles. The fourth-order valence-electron chi connectivity index (χ4n) is 2.54. The van der Waals surface area contributed by atoms with Crippen molar-refractivity contribution in [3.63, 3.8) is 0 Å². The molecule has 2 N–H and O–H groups in total. The Morgan fingerprint density at radius 1 is 1.22 bits per heavy atom. The molecule has 0 bridgehead atoms. The maximum absolute atomic E-state index is 5.82. The van der Waals surface area contributed by atoms with Gasteiger partial charge < -0.3 is 15.0 Å². The number of hydrogen-bond acceptors (Lipinski definition) is 6. The van der Waals surface area contributed by atoms with Crippen molar-refractivity contribution in [2.45, 2.75) is 26.9 Å². The number of rotatable bonds is 5. The van der Waals surface area contributed by atoms with Gasteiger partial charge in [0.1, 0.15) is 17.2 Å². The average Bonchev–Trinajstić information content (AvgIpc) is 3.13. The lowest BCUT2D eigenvalue weighted by atomic mass is 10.1. The van der Waals surface area contributed by atoms with E-state index in [-0.39, 0.29) is 0 Å². The van der Waals surface area contributed by atoms with E-state index in [1.165, 1.54) is 0 Å². The van der Waals surface area contributed by atoms with Crippen molar-refractivity contribution in [2.24, 2.45) is 5.73 Å². The highest BCUT2D eigenvalue weighted by Crippen LogP contribution is 2.26. The second kappa shape index (κ2) is 6.21. The summed E-state index contributed by atoms with van der Waals surface area (Å²) < 4.78 is 12.3. The molecule has 3 rings (SSSR count). The smallest absolute Gasteiger partial charge is 0.138 e. The average molecular weight is 313 g/mol. The van der Waals surface area contributed by atoms with Crippen LogP contribution in [0, 0.1) is 13.8 Å². The lowest BCUT2D eigenvalue weighted by Gasteiger charge is -2.09. The quantitative estimate of drug-likeness (QED) is 0.775. The Kier molecular flexibility index (Phi) is 4.12. The zero-order valence-electron chi connectivity index (χ0n) is 13.4. The first-order valence-electron chi connectivity index (χ1n) is 7.32. The SMILES string of the molecule is COc1ccc(-c2c(CN)nnn2Cc2c(C)noc2C)cc1. The monoisotopic (exact) mass is 313 g/mol. The van der Waals surface area contributed by atoms with Crippen LogP contribution < -0.4 is 10.5 Å².